The molecule has 27 heavy (non-hydrogen) atoms. The maximum Gasteiger partial charge on any atom is 0.0306 e. The molecule has 4 rings (SSSR count). The van der Waals surface area contributed by atoms with Crippen molar-refractivity contribution in [3.63, 3.8) is 0 Å². The van der Waals surface area contributed by atoms with Crippen molar-refractivity contribution in [3.8, 4) is 0 Å². The van der Waals surface area contributed by atoms with Crippen molar-refractivity contribution >= 4 is 33.3 Å². The fourth-order valence-corrected chi connectivity index (χ4v) is 5.53. The van der Waals surface area contributed by atoms with Gasteiger partial charge >= 0.3 is 0 Å². The van der Waals surface area contributed by atoms with E-state index in [1.165, 1.54) is 32.7 Å². The van der Waals surface area contributed by atoms with E-state index < -0.39 is 0 Å². The molecule has 0 N–H and O–H groups in total. The molecule has 0 saturated heterocycles. The summed E-state index contributed by atoms with van der Waals surface area (Å²) in [6.07, 6.45) is 2.28. The molecule has 2 atom stereocenters. The van der Waals surface area contributed by atoms with Gasteiger partial charge in [0.05, 0.1) is 0 Å². The Kier molecular flexibility index (Phi) is 5.50. The predicted molar refractivity (Wildman–Crippen MR) is 122 cm³/mol. The lowest BCUT2D eigenvalue weighted by molar-refractivity contribution is 0.855. The first-order valence-corrected chi connectivity index (χ1v) is 10.9. The number of rotatable bonds is 6. The van der Waals surface area contributed by atoms with E-state index in [9.17, 15) is 0 Å². The van der Waals surface area contributed by atoms with Crippen molar-refractivity contribution in [2.45, 2.75) is 37.2 Å². The molecule has 0 aliphatic heterocycles. The molecule has 136 valence electrons. The van der Waals surface area contributed by atoms with Gasteiger partial charge in [-0.3, -0.25) is 0 Å². The van der Waals surface area contributed by atoms with Crippen LogP contribution in [0.5, 0.6) is 0 Å². The highest BCUT2D eigenvalue weighted by Gasteiger charge is 2.20. The van der Waals surface area contributed by atoms with E-state index in [2.05, 4.69) is 111 Å². The van der Waals surface area contributed by atoms with E-state index in [1.54, 1.807) is 0 Å². The van der Waals surface area contributed by atoms with Gasteiger partial charge in [-0.15, -0.1) is 11.8 Å². The molecule has 0 radical (unpaired) electrons. The zero-order valence-electron chi connectivity index (χ0n) is 16.1. The monoisotopic (exact) mass is 370 g/mol. The molecule has 1 heteroatoms. The average Bonchev–Trinajstić information content (AvgIpc) is 2.74. The third-order valence-electron chi connectivity index (χ3n) is 5.41. The molecule has 2 unspecified atom stereocenters. The number of hydrogen-bond donors (Lipinski definition) is 0. The van der Waals surface area contributed by atoms with Crippen molar-refractivity contribution in [3.05, 3.63) is 96.1 Å². The van der Waals surface area contributed by atoms with Gasteiger partial charge in [-0.1, -0.05) is 98.8 Å². The minimum Gasteiger partial charge on any atom is -0.146 e. The highest BCUT2D eigenvalue weighted by molar-refractivity contribution is 7.99. The largest absolute Gasteiger partial charge is 0.146 e. The normalized spacial score (nSPS) is 13.7. The van der Waals surface area contributed by atoms with Crippen LogP contribution in [0.15, 0.2) is 84.9 Å². The van der Waals surface area contributed by atoms with Crippen LogP contribution in [-0.2, 0) is 0 Å². The molecule has 0 saturated carbocycles. The molecule has 4 aromatic rings. The lowest BCUT2D eigenvalue weighted by atomic mass is 10.0. The quantitative estimate of drug-likeness (QED) is 0.329. The second-order valence-corrected chi connectivity index (χ2v) is 8.48. The van der Waals surface area contributed by atoms with E-state index in [1.807, 2.05) is 0 Å². The first-order chi connectivity index (χ1) is 13.3. The first-order valence-electron chi connectivity index (χ1n) is 9.92. The van der Waals surface area contributed by atoms with E-state index in [0.29, 0.717) is 10.5 Å². The summed E-state index contributed by atoms with van der Waals surface area (Å²) in [7, 11) is 0. The molecule has 0 fully saturated rings. The van der Waals surface area contributed by atoms with Gasteiger partial charge in [-0.2, -0.15) is 0 Å². The van der Waals surface area contributed by atoms with Gasteiger partial charge in [0.25, 0.3) is 0 Å². The molecular formula is C26H26S. The number of thioether (sulfide) groups is 1. The van der Waals surface area contributed by atoms with Crippen LogP contribution in [0.2, 0.25) is 0 Å². The van der Waals surface area contributed by atoms with E-state index >= 15 is 0 Å². The van der Waals surface area contributed by atoms with Crippen molar-refractivity contribution in [2.75, 3.05) is 0 Å². The average molecular weight is 371 g/mol. The van der Waals surface area contributed by atoms with Crippen LogP contribution in [0.4, 0.5) is 0 Å². The smallest absolute Gasteiger partial charge is 0.0306 e. The van der Waals surface area contributed by atoms with Gasteiger partial charge in [0, 0.05) is 10.5 Å². The molecule has 0 heterocycles. The standard InChI is InChI=1S/C26H26S/c1-3-25(23-17-9-13-19-11-5-7-15-21(19)23)27-26(4-2)24-18-10-14-20-12-6-8-16-22(20)24/h5-18,25-26H,3-4H2,1-2H3. The van der Waals surface area contributed by atoms with Gasteiger partial charge in [0.1, 0.15) is 0 Å². The molecule has 0 spiro atoms. The summed E-state index contributed by atoms with van der Waals surface area (Å²) in [6, 6.07) is 31.1. The summed E-state index contributed by atoms with van der Waals surface area (Å²) in [5.41, 5.74) is 2.94. The van der Waals surface area contributed by atoms with Gasteiger partial charge in [0.15, 0.2) is 0 Å². The summed E-state index contributed by atoms with van der Waals surface area (Å²) in [5.74, 6) is 0. The van der Waals surface area contributed by atoms with Crippen molar-refractivity contribution < 1.29 is 0 Å². The Labute approximate surface area is 166 Å². The van der Waals surface area contributed by atoms with Crippen molar-refractivity contribution in [2.24, 2.45) is 0 Å². The summed E-state index contributed by atoms with van der Waals surface area (Å²) >= 11 is 2.13. The van der Waals surface area contributed by atoms with Gasteiger partial charge in [0.2, 0.25) is 0 Å². The third-order valence-corrected chi connectivity index (χ3v) is 7.24. The SMILES string of the molecule is CCC(SC(CC)c1cccc2ccccc12)c1cccc2ccccc12. The Balaban J connectivity index is 1.73. The molecular weight excluding hydrogens is 344 g/mol. The lowest BCUT2D eigenvalue weighted by Gasteiger charge is -2.24. The Bertz CT molecular complexity index is 954. The highest BCUT2D eigenvalue weighted by atomic mass is 32.2. The number of hydrogen-bond acceptors (Lipinski definition) is 1. The lowest BCUT2D eigenvalue weighted by Crippen LogP contribution is -2.01. The predicted octanol–water partition coefficient (Wildman–Crippen LogP) is 8.33. The number of benzene rings is 4. The fourth-order valence-electron chi connectivity index (χ4n) is 4.04. The fraction of sp³-hybridized carbons (Fsp3) is 0.231. The Morgan fingerprint density at radius 2 is 0.963 bits per heavy atom. The van der Waals surface area contributed by atoms with Gasteiger partial charge in [-0.25, -0.2) is 0 Å². The van der Waals surface area contributed by atoms with E-state index in [0.717, 1.165) is 12.8 Å². The molecule has 0 aromatic heterocycles. The zero-order chi connectivity index (χ0) is 18.6. The van der Waals surface area contributed by atoms with E-state index in [-0.39, 0.29) is 0 Å². The summed E-state index contributed by atoms with van der Waals surface area (Å²) in [5, 5.41) is 6.47. The van der Waals surface area contributed by atoms with Crippen molar-refractivity contribution in [1.82, 2.24) is 0 Å². The van der Waals surface area contributed by atoms with Crippen LogP contribution >= 0.6 is 11.8 Å². The minimum absolute atomic E-state index is 0.500. The minimum atomic E-state index is 0.500. The van der Waals surface area contributed by atoms with Gasteiger partial charge < -0.3 is 0 Å². The Morgan fingerprint density at radius 1 is 0.556 bits per heavy atom. The zero-order valence-corrected chi connectivity index (χ0v) is 16.9. The summed E-state index contributed by atoms with van der Waals surface area (Å²) < 4.78 is 0. The Hall–Kier alpha value is -2.25. The van der Waals surface area contributed by atoms with Crippen molar-refractivity contribution in [1.29, 1.82) is 0 Å². The second-order valence-electron chi connectivity index (χ2n) is 7.07. The highest BCUT2D eigenvalue weighted by Crippen LogP contribution is 2.47. The third kappa shape index (κ3) is 3.61. The van der Waals surface area contributed by atoms with E-state index in [4.69, 9.17) is 0 Å². The van der Waals surface area contributed by atoms with Crippen LogP contribution in [0.3, 0.4) is 0 Å². The number of fused-ring (bicyclic) bond motifs is 2. The van der Waals surface area contributed by atoms with Gasteiger partial charge in [-0.05, 0) is 45.5 Å². The Morgan fingerprint density at radius 3 is 1.41 bits per heavy atom. The molecule has 0 aliphatic rings. The van der Waals surface area contributed by atoms with Crippen LogP contribution in [0, 0.1) is 0 Å². The molecule has 0 bridgehead atoms. The molecule has 0 aliphatic carbocycles. The van der Waals surface area contributed by atoms with Crippen LogP contribution in [0.1, 0.15) is 48.3 Å². The maximum atomic E-state index is 2.32. The first kappa shape index (κ1) is 18.1. The second kappa shape index (κ2) is 8.19. The van der Waals surface area contributed by atoms with Crippen LogP contribution < -0.4 is 0 Å². The van der Waals surface area contributed by atoms with Crippen LogP contribution in [-0.4, -0.2) is 0 Å². The van der Waals surface area contributed by atoms with Crippen LogP contribution in [0.25, 0.3) is 21.5 Å². The molecule has 0 nitrogen and oxygen atoms in total. The topological polar surface area (TPSA) is 0 Å². The summed E-state index contributed by atoms with van der Waals surface area (Å²) in [6.45, 7) is 4.63. The summed E-state index contributed by atoms with van der Waals surface area (Å²) in [4.78, 5) is 0. The molecule has 0 amide bonds. The maximum absolute atomic E-state index is 2.32. The molecule has 4 aromatic carbocycles.